The van der Waals surface area contributed by atoms with E-state index in [1.807, 2.05) is 24.3 Å². The summed E-state index contributed by atoms with van der Waals surface area (Å²) in [5.41, 5.74) is 1.86. The highest BCUT2D eigenvalue weighted by Gasteiger charge is 2.38. The number of hydrogen-bond acceptors (Lipinski definition) is 8. The molecule has 0 saturated carbocycles. The second-order valence-corrected chi connectivity index (χ2v) is 9.23. The summed E-state index contributed by atoms with van der Waals surface area (Å²) in [4.78, 5) is 29.0. The Kier molecular flexibility index (Phi) is 6.90. The van der Waals surface area contributed by atoms with Crippen LogP contribution < -0.4 is 5.32 Å². The van der Waals surface area contributed by atoms with Crippen LogP contribution in [0.25, 0.3) is 0 Å². The van der Waals surface area contributed by atoms with Gasteiger partial charge in [0.1, 0.15) is 6.04 Å². The van der Waals surface area contributed by atoms with Gasteiger partial charge in [0, 0.05) is 22.5 Å². The molecule has 1 unspecified atom stereocenters. The Morgan fingerprint density at radius 3 is 2.68 bits per heavy atom. The molecule has 4 rings (SSSR count). The van der Waals surface area contributed by atoms with Crippen molar-refractivity contribution in [3.05, 3.63) is 86.1 Å². The molecule has 1 aromatic heterocycles. The average Bonchev–Trinajstić information content (AvgIpc) is 3.19. The summed E-state index contributed by atoms with van der Waals surface area (Å²) >= 11 is 7.64. The molecule has 0 fully saturated rings. The fraction of sp³-hybridized carbons (Fsp3) is 0.261. The quantitative estimate of drug-likeness (QED) is 0.200. The molecule has 176 valence electrons. The number of hydrogen-bond donors (Lipinski definition) is 1. The van der Waals surface area contributed by atoms with Gasteiger partial charge in [-0.05, 0) is 38.5 Å². The number of para-hydroxylation sites is 1. The van der Waals surface area contributed by atoms with E-state index in [-0.39, 0.29) is 17.4 Å². The number of allylic oxidation sites excluding steroid dienone is 1. The Hall–Kier alpha value is -3.37. The van der Waals surface area contributed by atoms with Crippen molar-refractivity contribution in [2.75, 3.05) is 5.32 Å². The fourth-order valence-corrected chi connectivity index (χ4v) is 4.78. The van der Waals surface area contributed by atoms with Crippen molar-refractivity contribution in [2.24, 2.45) is 0 Å². The highest BCUT2D eigenvalue weighted by molar-refractivity contribution is 7.98. The molecular formula is C23H22ClN5O4S. The first-order valence-corrected chi connectivity index (χ1v) is 11.9. The number of carbonyl (C=O) groups is 1. The van der Waals surface area contributed by atoms with Crippen LogP contribution in [0.1, 0.15) is 37.9 Å². The predicted octanol–water partition coefficient (Wildman–Crippen LogP) is 5.37. The number of anilines is 1. The van der Waals surface area contributed by atoms with Gasteiger partial charge in [-0.25, -0.2) is 9.48 Å². The number of thioether (sulfide) groups is 1. The van der Waals surface area contributed by atoms with Crippen LogP contribution in [-0.4, -0.2) is 31.8 Å². The lowest BCUT2D eigenvalue weighted by Gasteiger charge is -2.28. The summed E-state index contributed by atoms with van der Waals surface area (Å²) in [6.07, 6.45) is -0.363. The average molecular weight is 500 g/mol. The van der Waals surface area contributed by atoms with E-state index in [1.165, 1.54) is 22.5 Å². The van der Waals surface area contributed by atoms with E-state index >= 15 is 0 Å². The largest absolute Gasteiger partial charge is 0.459 e. The molecule has 1 atom stereocenters. The number of aromatic nitrogens is 3. The molecule has 1 N–H and O–H groups in total. The Labute approximate surface area is 205 Å². The lowest BCUT2D eigenvalue weighted by molar-refractivity contribution is -0.385. The molecule has 0 radical (unpaired) electrons. The fourth-order valence-electron chi connectivity index (χ4n) is 3.66. The van der Waals surface area contributed by atoms with Gasteiger partial charge in [-0.3, -0.25) is 10.1 Å². The van der Waals surface area contributed by atoms with Crippen molar-refractivity contribution >= 4 is 41.0 Å². The van der Waals surface area contributed by atoms with Crippen LogP contribution in [-0.2, 0) is 15.3 Å². The van der Waals surface area contributed by atoms with Crippen molar-refractivity contribution in [2.45, 2.75) is 43.8 Å². The van der Waals surface area contributed by atoms with Gasteiger partial charge in [-0.15, -0.1) is 5.10 Å². The third-order valence-electron chi connectivity index (χ3n) is 5.14. The lowest BCUT2D eigenvalue weighted by atomic mass is 9.94. The molecule has 1 aliphatic heterocycles. The molecule has 2 aromatic carbocycles. The summed E-state index contributed by atoms with van der Waals surface area (Å²) in [5, 5.41) is 20.6. The zero-order valence-corrected chi connectivity index (χ0v) is 20.3. The molecule has 2 heterocycles. The van der Waals surface area contributed by atoms with Crippen molar-refractivity contribution in [3.63, 3.8) is 0 Å². The van der Waals surface area contributed by atoms with E-state index in [0.29, 0.717) is 33.1 Å². The topological polar surface area (TPSA) is 112 Å². The molecule has 1 aliphatic rings. The van der Waals surface area contributed by atoms with Gasteiger partial charge in [-0.2, -0.15) is 4.98 Å². The maximum absolute atomic E-state index is 13.1. The predicted molar refractivity (Wildman–Crippen MR) is 130 cm³/mol. The SMILES string of the molecule is CC1=C(C(=O)OC(C)C)C(c2ccccc2[N+](=O)[O-])n2nc(SCc3ccccc3Cl)nc2N1. The minimum Gasteiger partial charge on any atom is -0.459 e. The number of nitro benzene ring substituents is 1. The Balaban J connectivity index is 1.77. The maximum Gasteiger partial charge on any atom is 0.338 e. The van der Waals surface area contributed by atoms with Crippen LogP contribution in [0, 0.1) is 10.1 Å². The summed E-state index contributed by atoms with van der Waals surface area (Å²) in [6.45, 7) is 5.20. The van der Waals surface area contributed by atoms with Gasteiger partial charge < -0.3 is 10.1 Å². The summed E-state index contributed by atoms with van der Waals surface area (Å²) < 4.78 is 6.97. The molecule has 3 aromatic rings. The van der Waals surface area contributed by atoms with E-state index in [0.717, 1.165) is 5.56 Å². The Morgan fingerprint density at radius 1 is 1.26 bits per heavy atom. The highest BCUT2D eigenvalue weighted by Crippen LogP contribution is 2.40. The smallest absolute Gasteiger partial charge is 0.338 e. The van der Waals surface area contributed by atoms with Gasteiger partial charge in [0.05, 0.1) is 22.2 Å². The molecule has 0 aliphatic carbocycles. The minimum absolute atomic E-state index is 0.122. The van der Waals surface area contributed by atoms with Gasteiger partial charge in [0.25, 0.3) is 5.69 Å². The van der Waals surface area contributed by atoms with E-state index in [9.17, 15) is 14.9 Å². The van der Waals surface area contributed by atoms with E-state index in [1.54, 1.807) is 39.0 Å². The minimum atomic E-state index is -0.883. The highest BCUT2D eigenvalue weighted by atomic mass is 35.5. The number of ether oxygens (including phenoxy) is 1. The molecule has 0 bridgehead atoms. The number of nitro groups is 1. The zero-order chi connectivity index (χ0) is 24.4. The first-order chi connectivity index (χ1) is 16.3. The van der Waals surface area contributed by atoms with Gasteiger partial charge >= 0.3 is 5.97 Å². The second kappa shape index (κ2) is 9.86. The van der Waals surface area contributed by atoms with Crippen LogP contribution in [0.2, 0.25) is 5.02 Å². The van der Waals surface area contributed by atoms with Crippen molar-refractivity contribution in [3.8, 4) is 0 Å². The van der Waals surface area contributed by atoms with Crippen molar-refractivity contribution in [1.82, 2.24) is 14.8 Å². The molecule has 0 saturated heterocycles. The third-order valence-corrected chi connectivity index (χ3v) is 6.39. The standard InChI is InChI=1S/C23H22ClN5O4S/c1-13(2)33-21(30)19-14(3)25-22-26-23(34-12-15-8-4-6-10-17(15)24)27-28(22)20(19)16-9-5-7-11-18(16)29(31)32/h4-11,13,20H,12H2,1-3H3,(H,25,26,27). The van der Waals surface area contributed by atoms with Crippen LogP contribution in [0.3, 0.4) is 0 Å². The monoisotopic (exact) mass is 499 g/mol. The number of rotatable bonds is 7. The number of nitrogens with one attached hydrogen (secondary N) is 1. The Morgan fingerprint density at radius 2 is 1.97 bits per heavy atom. The number of esters is 1. The van der Waals surface area contributed by atoms with Crippen LogP contribution >= 0.6 is 23.4 Å². The summed E-state index contributed by atoms with van der Waals surface area (Å²) in [7, 11) is 0. The number of halogens is 1. The van der Waals surface area contributed by atoms with Gasteiger partial charge in [0.15, 0.2) is 0 Å². The van der Waals surface area contributed by atoms with Crippen LogP contribution in [0.4, 0.5) is 11.6 Å². The molecule has 11 heteroatoms. The number of nitrogens with zero attached hydrogens (tertiary/aromatic N) is 4. The van der Waals surface area contributed by atoms with Crippen LogP contribution in [0.5, 0.6) is 0 Å². The normalized spacial score (nSPS) is 15.1. The van der Waals surface area contributed by atoms with E-state index < -0.39 is 16.9 Å². The van der Waals surface area contributed by atoms with Crippen LogP contribution in [0.15, 0.2) is 65.0 Å². The third kappa shape index (κ3) is 4.78. The van der Waals surface area contributed by atoms with Crippen molar-refractivity contribution in [1.29, 1.82) is 0 Å². The molecular weight excluding hydrogens is 478 g/mol. The molecule has 0 spiro atoms. The van der Waals surface area contributed by atoms with Gasteiger partial charge in [-0.1, -0.05) is 53.7 Å². The molecule has 34 heavy (non-hydrogen) atoms. The molecule has 0 amide bonds. The molecule has 9 nitrogen and oxygen atoms in total. The zero-order valence-electron chi connectivity index (χ0n) is 18.7. The first kappa shape index (κ1) is 23.8. The van der Waals surface area contributed by atoms with Gasteiger partial charge in [0.2, 0.25) is 11.1 Å². The summed E-state index contributed by atoms with van der Waals surface area (Å²) in [6, 6.07) is 12.9. The number of fused-ring (bicyclic) bond motifs is 1. The first-order valence-electron chi connectivity index (χ1n) is 10.5. The lowest BCUT2D eigenvalue weighted by Crippen LogP contribution is -2.31. The number of benzene rings is 2. The van der Waals surface area contributed by atoms with E-state index in [4.69, 9.17) is 16.3 Å². The number of carbonyl (C=O) groups excluding carboxylic acids is 1. The summed E-state index contributed by atoms with van der Waals surface area (Å²) in [5.74, 6) is 0.339. The maximum atomic E-state index is 13.1. The second-order valence-electron chi connectivity index (χ2n) is 7.88. The van der Waals surface area contributed by atoms with Crippen molar-refractivity contribution < 1.29 is 14.5 Å². The Bertz CT molecular complexity index is 1290. The van der Waals surface area contributed by atoms with E-state index in [2.05, 4.69) is 15.4 Å².